The molecule has 3 heterocycles. The van der Waals surface area contributed by atoms with E-state index >= 15 is 0 Å². The summed E-state index contributed by atoms with van der Waals surface area (Å²) in [5.41, 5.74) is 2.40. The lowest BCUT2D eigenvalue weighted by Gasteiger charge is -2.24. The molecule has 0 bridgehead atoms. The zero-order chi connectivity index (χ0) is 20.0. The lowest BCUT2D eigenvalue weighted by Crippen LogP contribution is -2.36. The maximum atomic E-state index is 13.0. The number of nitrogens with zero attached hydrogens (tertiary/aromatic N) is 4. The maximum absolute atomic E-state index is 13.0. The van der Waals surface area contributed by atoms with Gasteiger partial charge in [-0.15, -0.1) is 0 Å². The number of hydrogen-bond acceptors (Lipinski definition) is 6. The number of carbonyl (C=O) groups excluding carboxylic acids is 1. The molecule has 0 unspecified atom stereocenters. The van der Waals surface area contributed by atoms with Crippen molar-refractivity contribution in [3.8, 4) is 11.5 Å². The molecule has 1 aliphatic carbocycles. The standard InChI is InChI=1S/C22H24N4O3/c1-14-18(15(2)28-24-14)11-19(27)26-12-17-9-6-10-22(17,13-26)21-23-20(29-25-21)16-7-4-3-5-8-16/h3-5,7-8,17H,6,9-13H2,1-2H3/t17-,22-/m1/s1. The van der Waals surface area contributed by atoms with Crippen LogP contribution in [0.25, 0.3) is 11.5 Å². The summed E-state index contributed by atoms with van der Waals surface area (Å²) in [6.07, 6.45) is 3.53. The van der Waals surface area contributed by atoms with Gasteiger partial charge in [0, 0.05) is 24.2 Å². The van der Waals surface area contributed by atoms with E-state index in [0.29, 0.717) is 24.8 Å². The number of aryl methyl sites for hydroxylation is 2. The van der Waals surface area contributed by atoms with E-state index in [4.69, 9.17) is 14.0 Å². The molecule has 7 nitrogen and oxygen atoms in total. The van der Waals surface area contributed by atoms with Crippen LogP contribution in [0.5, 0.6) is 0 Å². The number of fused-ring (bicyclic) bond motifs is 1. The number of carbonyl (C=O) groups is 1. The first-order valence-electron chi connectivity index (χ1n) is 10.2. The zero-order valence-electron chi connectivity index (χ0n) is 16.7. The second-order valence-corrected chi connectivity index (χ2v) is 8.29. The Hall–Kier alpha value is -2.96. The highest BCUT2D eigenvalue weighted by Crippen LogP contribution is 2.49. The van der Waals surface area contributed by atoms with E-state index in [1.807, 2.05) is 49.1 Å². The molecule has 29 heavy (non-hydrogen) atoms. The molecule has 150 valence electrons. The van der Waals surface area contributed by atoms with Crippen LogP contribution in [0.15, 0.2) is 39.4 Å². The summed E-state index contributed by atoms with van der Waals surface area (Å²) in [4.78, 5) is 19.8. The molecule has 2 aliphatic rings. The normalized spacial score (nSPS) is 23.5. The molecule has 3 aromatic rings. The Bertz CT molecular complexity index is 1020. The predicted octanol–water partition coefficient (Wildman–Crippen LogP) is 3.46. The average molecular weight is 392 g/mol. The quantitative estimate of drug-likeness (QED) is 0.676. The van der Waals surface area contributed by atoms with Crippen molar-refractivity contribution in [2.24, 2.45) is 5.92 Å². The topological polar surface area (TPSA) is 85.3 Å². The van der Waals surface area contributed by atoms with Gasteiger partial charge in [0.15, 0.2) is 5.82 Å². The third-order valence-corrected chi connectivity index (χ3v) is 6.62. The third kappa shape index (κ3) is 2.96. The minimum atomic E-state index is -0.203. The smallest absolute Gasteiger partial charge is 0.257 e. The van der Waals surface area contributed by atoms with Crippen molar-refractivity contribution in [3.05, 3.63) is 53.2 Å². The molecule has 1 saturated carbocycles. The summed E-state index contributed by atoms with van der Waals surface area (Å²) in [5, 5.41) is 8.32. The molecule has 1 amide bonds. The average Bonchev–Trinajstić information content (AvgIpc) is 3.48. The molecule has 5 rings (SSSR count). The first-order valence-corrected chi connectivity index (χ1v) is 10.2. The molecule has 0 N–H and O–H groups in total. The van der Waals surface area contributed by atoms with Gasteiger partial charge < -0.3 is 13.9 Å². The van der Waals surface area contributed by atoms with Crippen molar-refractivity contribution in [1.29, 1.82) is 0 Å². The fourth-order valence-corrected chi connectivity index (χ4v) is 4.99. The number of hydrogen-bond donors (Lipinski definition) is 0. The van der Waals surface area contributed by atoms with Crippen LogP contribution < -0.4 is 0 Å². The molecule has 1 aliphatic heterocycles. The van der Waals surface area contributed by atoms with Crippen molar-refractivity contribution in [1.82, 2.24) is 20.2 Å². The Morgan fingerprint density at radius 2 is 2.03 bits per heavy atom. The Morgan fingerprint density at radius 1 is 1.21 bits per heavy atom. The van der Waals surface area contributed by atoms with E-state index in [2.05, 4.69) is 10.3 Å². The van der Waals surface area contributed by atoms with E-state index in [1.54, 1.807) is 0 Å². The number of aromatic nitrogens is 3. The molecule has 0 radical (unpaired) electrons. The second-order valence-electron chi connectivity index (χ2n) is 8.29. The third-order valence-electron chi connectivity index (χ3n) is 6.62. The van der Waals surface area contributed by atoms with Crippen LogP contribution in [-0.2, 0) is 16.6 Å². The van der Waals surface area contributed by atoms with Gasteiger partial charge in [0.2, 0.25) is 5.91 Å². The Kier molecular flexibility index (Phi) is 4.26. The highest BCUT2D eigenvalue weighted by Gasteiger charge is 2.54. The van der Waals surface area contributed by atoms with E-state index in [-0.39, 0.29) is 11.3 Å². The van der Waals surface area contributed by atoms with Crippen LogP contribution in [0.3, 0.4) is 0 Å². The summed E-state index contributed by atoms with van der Waals surface area (Å²) in [6, 6.07) is 9.82. The van der Waals surface area contributed by atoms with E-state index in [0.717, 1.165) is 54.2 Å². The second kappa shape index (κ2) is 6.83. The van der Waals surface area contributed by atoms with Crippen LogP contribution in [0, 0.1) is 19.8 Å². The Labute approximate surface area is 169 Å². The van der Waals surface area contributed by atoms with Crippen molar-refractivity contribution in [2.45, 2.75) is 44.9 Å². The monoisotopic (exact) mass is 392 g/mol. The van der Waals surface area contributed by atoms with Crippen molar-refractivity contribution in [2.75, 3.05) is 13.1 Å². The van der Waals surface area contributed by atoms with Gasteiger partial charge in [-0.2, -0.15) is 4.98 Å². The molecule has 1 aromatic carbocycles. The van der Waals surface area contributed by atoms with Gasteiger partial charge in [-0.05, 0) is 44.7 Å². The summed E-state index contributed by atoms with van der Waals surface area (Å²) in [6.45, 7) is 5.13. The molecular formula is C22H24N4O3. The van der Waals surface area contributed by atoms with Gasteiger partial charge in [0.25, 0.3) is 5.89 Å². The van der Waals surface area contributed by atoms with E-state index in [1.165, 1.54) is 0 Å². The fraction of sp³-hybridized carbons (Fsp3) is 0.455. The summed E-state index contributed by atoms with van der Waals surface area (Å²) < 4.78 is 10.8. The van der Waals surface area contributed by atoms with Gasteiger partial charge in [-0.1, -0.05) is 34.9 Å². The van der Waals surface area contributed by atoms with Crippen LogP contribution >= 0.6 is 0 Å². The van der Waals surface area contributed by atoms with Crippen molar-refractivity contribution in [3.63, 3.8) is 0 Å². The lowest BCUT2D eigenvalue weighted by molar-refractivity contribution is -0.129. The zero-order valence-corrected chi connectivity index (χ0v) is 16.7. The minimum absolute atomic E-state index is 0.111. The van der Waals surface area contributed by atoms with Gasteiger partial charge >= 0.3 is 0 Å². The van der Waals surface area contributed by atoms with Crippen molar-refractivity contribution >= 4 is 5.91 Å². The molecule has 7 heteroatoms. The highest BCUT2D eigenvalue weighted by molar-refractivity contribution is 5.80. The van der Waals surface area contributed by atoms with Gasteiger partial charge in [0.05, 0.1) is 17.5 Å². The molecule has 2 fully saturated rings. The molecule has 0 spiro atoms. The van der Waals surface area contributed by atoms with Crippen LogP contribution in [0.2, 0.25) is 0 Å². The van der Waals surface area contributed by atoms with Gasteiger partial charge in [0.1, 0.15) is 5.76 Å². The number of amides is 1. The fourth-order valence-electron chi connectivity index (χ4n) is 4.99. The van der Waals surface area contributed by atoms with Gasteiger partial charge in [-0.25, -0.2) is 0 Å². The summed E-state index contributed by atoms with van der Waals surface area (Å²) >= 11 is 0. The molecule has 1 saturated heterocycles. The van der Waals surface area contributed by atoms with Crippen LogP contribution in [-0.4, -0.2) is 39.2 Å². The summed E-state index contributed by atoms with van der Waals surface area (Å²) in [7, 11) is 0. The number of rotatable bonds is 4. The van der Waals surface area contributed by atoms with Crippen LogP contribution in [0.4, 0.5) is 0 Å². The van der Waals surface area contributed by atoms with E-state index < -0.39 is 0 Å². The summed E-state index contributed by atoms with van der Waals surface area (Å²) in [5.74, 6) is 2.49. The lowest BCUT2D eigenvalue weighted by atomic mass is 9.80. The molecule has 2 aromatic heterocycles. The Morgan fingerprint density at radius 3 is 2.79 bits per heavy atom. The maximum Gasteiger partial charge on any atom is 0.257 e. The first-order chi connectivity index (χ1) is 14.1. The predicted molar refractivity (Wildman–Crippen MR) is 105 cm³/mol. The van der Waals surface area contributed by atoms with Crippen molar-refractivity contribution < 1.29 is 13.8 Å². The van der Waals surface area contributed by atoms with Crippen LogP contribution in [0.1, 0.15) is 42.1 Å². The largest absolute Gasteiger partial charge is 0.361 e. The molecular weight excluding hydrogens is 368 g/mol. The first kappa shape index (κ1) is 18.1. The number of benzene rings is 1. The van der Waals surface area contributed by atoms with Gasteiger partial charge in [-0.3, -0.25) is 4.79 Å². The van der Waals surface area contributed by atoms with E-state index in [9.17, 15) is 4.79 Å². The SMILES string of the molecule is Cc1noc(C)c1CC(=O)N1C[C@H]2CCC[C@@]2(c2noc(-c3ccccc3)n2)C1. The Balaban J connectivity index is 1.39. The molecule has 2 atom stereocenters. The highest BCUT2D eigenvalue weighted by atomic mass is 16.5. The minimum Gasteiger partial charge on any atom is -0.361 e. The number of likely N-dealkylation sites (tertiary alicyclic amines) is 1.